The van der Waals surface area contributed by atoms with Crippen molar-refractivity contribution < 1.29 is 26.7 Å². The van der Waals surface area contributed by atoms with Crippen LogP contribution < -0.4 is 4.90 Å². The Labute approximate surface area is 151 Å². The van der Waals surface area contributed by atoms with Crippen LogP contribution in [0.25, 0.3) is 0 Å². The van der Waals surface area contributed by atoms with E-state index in [1.54, 1.807) is 0 Å². The third kappa shape index (κ3) is 4.00. The molecule has 4 nitrogen and oxygen atoms in total. The maximum atomic E-state index is 14.1. The molecule has 0 spiro atoms. The minimum Gasteiger partial charge on any atom is -0.278 e. The molecule has 0 saturated heterocycles. The summed E-state index contributed by atoms with van der Waals surface area (Å²) in [6, 6.07) is 2.94. The summed E-state index contributed by atoms with van der Waals surface area (Å²) in [7, 11) is 1.30. The van der Waals surface area contributed by atoms with Crippen LogP contribution >= 0.6 is 11.8 Å². The predicted molar refractivity (Wildman–Crippen MR) is 88.3 cm³/mol. The second kappa shape index (κ2) is 7.65. The lowest BCUT2D eigenvalue weighted by Gasteiger charge is -2.21. The van der Waals surface area contributed by atoms with E-state index in [1.807, 2.05) is 13.8 Å². The molecule has 2 aromatic rings. The summed E-state index contributed by atoms with van der Waals surface area (Å²) in [5.74, 6) is -2.10. The van der Waals surface area contributed by atoms with Crippen molar-refractivity contribution in [2.75, 3.05) is 10.7 Å². The lowest BCUT2D eigenvalue weighted by atomic mass is 10.2. The molecule has 1 aromatic heterocycles. The molecule has 0 aliphatic carbocycles. The number of alkyl halides is 3. The monoisotopic (exact) mass is 393 g/mol. The maximum Gasteiger partial charge on any atom is 0.437 e. The second-order valence-electron chi connectivity index (χ2n) is 5.88. The van der Waals surface area contributed by atoms with Crippen molar-refractivity contribution in [3.8, 4) is 0 Å². The highest BCUT2D eigenvalue weighted by atomic mass is 32.2. The van der Waals surface area contributed by atoms with E-state index in [-0.39, 0.29) is 17.4 Å². The average Bonchev–Trinajstić information content (AvgIpc) is 2.87. The molecule has 0 N–H and O–H groups in total. The quantitative estimate of drug-likeness (QED) is 0.404. The zero-order chi connectivity index (χ0) is 19.6. The smallest absolute Gasteiger partial charge is 0.278 e. The summed E-state index contributed by atoms with van der Waals surface area (Å²) >= 11 is 1.05. The maximum absolute atomic E-state index is 14.1. The van der Waals surface area contributed by atoms with Gasteiger partial charge < -0.3 is 0 Å². The fourth-order valence-corrected chi connectivity index (χ4v) is 3.27. The lowest BCUT2D eigenvalue weighted by Crippen LogP contribution is -2.20. The van der Waals surface area contributed by atoms with Gasteiger partial charge in [0, 0.05) is 12.8 Å². The molecule has 2 rings (SSSR count). The Hall–Kier alpha value is -2.10. The number of anilines is 2. The first-order valence-corrected chi connectivity index (χ1v) is 8.52. The Balaban J connectivity index is 2.70. The normalized spacial score (nSPS) is 11.9. The SMILES string of the molecule is CC(C)CSc1c(N(C=O)c2cccc(F)c2F)c(C(F)(F)F)nn1C. The summed E-state index contributed by atoms with van der Waals surface area (Å²) in [5, 5.41) is 3.49. The van der Waals surface area contributed by atoms with Crippen LogP contribution in [0.3, 0.4) is 0 Å². The van der Waals surface area contributed by atoms with Crippen molar-refractivity contribution >= 4 is 29.5 Å². The first-order valence-electron chi connectivity index (χ1n) is 7.53. The van der Waals surface area contributed by atoms with Crippen molar-refractivity contribution in [1.82, 2.24) is 9.78 Å². The number of aromatic nitrogens is 2. The summed E-state index contributed by atoms with van der Waals surface area (Å²) < 4.78 is 68.9. The van der Waals surface area contributed by atoms with Crippen LogP contribution in [0.4, 0.5) is 33.3 Å². The highest BCUT2D eigenvalue weighted by Gasteiger charge is 2.41. The number of hydrogen-bond acceptors (Lipinski definition) is 3. The topological polar surface area (TPSA) is 38.1 Å². The zero-order valence-electron chi connectivity index (χ0n) is 14.1. The van der Waals surface area contributed by atoms with Crippen molar-refractivity contribution in [2.24, 2.45) is 13.0 Å². The molecule has 0 aliphatic heterocycles. The van der Waals surface area contributed by atoms with E-state index in [2.05, 4.69) is 5.10 Å². The zero-order valence-corrected chi connectivity index (χ0v) is 15.0. The van der Waals surface area contributed by atoms with Crippen molar-refractivity contribution in [3.05, 3.63) is 35.5 Å². The van der Waals surface area contributed by atoms with Crippen LogP contribution in [0.2, 0.25) is 0 Å². The Morgan fingerprint density at radius 1 is 1.31 bits per heavy atom. The molecule has 0 radical (unpaired) electrons. The van der Waals surface area contributed by atoms with E-state index in [4.69, 9.17) is 0 Å². The van der Waals surface area contributed by atoms with Gasteiger partial charge in [-0.05, 0) is 18.1 Å². The van der Waals surface area contributed by atoms with Gasteiger partial charge in [-0.15, -0.1) is 11.8 Å². The Kier molecular flexibility index (Phi) is 5.94. The number of benzene rings is 1. The minimum absolute atomic E-state index is 0.0174. The number of thioether (sulfide) groups is 1. The van der Waals surface area contributed by atoms with Crippen LogP contribution in [0, 0.1) is 17.6 Å². The van der Waals surface area contributed by atoms with E-state index in [1.165, 1.54) is 7.05 Å². The number of rotatable bonds is 6. The van der Waals surface area contributed by atoms with Gasteiger partial charge in [0.05, 0.1) is 5.69 Å². The van der Waals surface area contributed by atoms with Crippen LogP contribution in [-0.2, 0) is 18.0 Å². The van der Waals surface area contributed by atoms with E-state index in [0.717, 1.165) is 34.6 Å². The number of hydrogen-bond donors (Lipinski definition) is 0. The third-order valence-corrected chi connectivity index (χ3v) is 4.89. The van der Waals surface area contributed by atoms with Gasteiger partial charge in [0.1, 0.15) is 10.7 Å². The molecule has 0 unspecified atom stereocenters. The first kappa shape index (κ1) is 20.2. The Morgan fingerprint density at radius 3 is 2.50 bits per heavy atom. The third-order valence-electron chi connectivity index (χ3n) is 3.33. The van der Waals surface area contributed by atoms with Gasteiger partial charge in [-0.3, -0.25) is 14.4 Å². The Bertz CT molecular complexity index is 804. The van der Waals surface area contributed by atoms with Crippen LogP contribution in [0.1, 0.15) is 19.5 Å². The van der Waals surface area contributed by atoms with Crippen molar-refractivity contribution in [1.29, 1.82) is 0 Å². The molecule has 0 saturated carbocycles. The molecule has 1 aromatic carbocycles. The number of aryl methyl sites for hydroxylation is 1. The number of halogens is 5. The fraction of sp³-hybridized carbons (Fsp3) is 0.375. The fourth-order valence-electron chi connectivity index (χ4n) is 2.22. The van der Waals surface area contributed by atoms with Gasteiger partial charge in [-0.2, -0.15) is 18.3 Å². The van der Waals surface area contributed by atoms with E-state index >= 15 is 0 Å². The van der Waals surface area contributed by atoms with Gasteiger partial charge in [-0.25, -0.2) is 8.78 Å². The second-order valence-corrected chi connectivity index (χ2v) is 6.89. The van der Waals surface area contributed by atoms with Gasteiger partial charge in [0.2, 0.25) is 6.41 Å². The molecule has 0 fully saturated rings. The molecule has 0 atom stereocenters. The Morgan fingerprint density at radius 2 is 1.96 bits per heavy atom. The largest absolute Gasteiger partial charge is 0.437 e. The standard InChI is InChI=1S/C16H16F5N3OS/c1-9(2)7-26-15-13(14(16(19,20)21)22-23(15)3)24(8-25)11-6-4-5-10(17)12(11)18/h4-6,8-9H,7H2,1-3H3. The molecular weight excluding hydrogens is 377 g/mol. The summed E-state index contributed by atoms with van der Waals surface area (Å²) in [6.07, 6.45) is -4.86. The average molecular weight is 393 g/mol. The minimum atomic E-state index is -4.88. The summed E-state index contributed by atoms with van der Waals surface area (Å²) in [5.41, 5.74) is -2.59. The highest BCUT2D eigenvalue weighted by Crippen LogP contribution is 2.44. The van der Waals surface area contributed by atoms with Crippen LogP contribution in [0.5, 0.6) is 0 Å². The molecular formula is C16H16F5N3OS. The molecule has 1 heterocycles. The molecule has 0 bridgehead atoms. The lowest BCUT2D eigenvalue weighted by molar-refractivity contribution is -0.140. The van der Waals surface area contributed by atoms with E-state index < -0.39 is 34.9 Å². The predicted octanol–water partition coefficient (Wildman–Crippen LogP) is 4.76. The molecule has 26 heavy (non-hydrogen) atoms. The van der Waals surface area contributed by atoms with Gasteiger partial charge in [0.15, 0.2) is 17.3 Å². The summed E-state index contributed by atoms with van der Waals surface area (Å²) in [4.78, 5) is 12.0. The van der Waals surface area contributed by atoms with Gasteiger partial charge in [0.25, 0.3) is 0 Å². The summed E-state index contributed by atoms with van der Waals surface area (Å²) in [6.45, 7) is 3.74. The molecule has 10 heteroatoms. The van der Waals surface area contributed by atoms with E-state index in [9.17, 15) is 26.7 Å². The number of amides is 1. The van der Waals surface area contributed by atoms with E-state index in [0.29, 0.717) is 10.7 Å². The number of nitrogens with zero attached hydrogens (tertiary/aromatic N) is 3. The molecule has 1 amide bonds. The molecule has 142 valence electrons. The van der Waals surface area contributed by atoms with Gasteiger partial charge >= 0.3 is 6.18 Å². The molecule has 0 aliphatic rings. The highest BCUT2D eigenvalue weighted by molar-refractivity contribution is 7.99. The van der Waals surface area contributed by atoms with Crippen molar-refractivity contribution in [2.45, 2.75) is 25.0 Å². The van der Waals surface area contributed by atoms with Crippen LogP contribution in [0.15, 0.2) is 23.2 Å². The number of carbonyl (C=O) groups excluding carboxylic acids is 1. The van der Waals surface area contributed by atoms with Crippen LogP contribution in [-0.4, -0.2) is 21.9 Å². The first-order chi connectivity index (χ1) is 12.1. The van der Waals surface area contributed by atoms with Gasteiger partial charge in [-0.1, -0.05) is 19.9 Å². The number of carbonyl (C=O) groups is 1. The van der Waals surface area contributed by atoms with Crippen molar-refractivity contribution in [3.63, 3.8) is 0 Å².